The number of nitrogens with one attached hydrogen (secondary N) is 1. The monoisotopic (exact) mass is 501 g/mol. The Kier molecular flexibility index (Phi) is 9.84. The van der Waals surface area contributed by atoms with Gasteiger partial charge in [0.2, 0.25) is 0 Å². The van der Waals surface area contributed by atoms with Crippen molar-refractivity contribution in [3.8, 4) is 0 Å². The van der Waals surface area contributed by atoms with Gasteiger partial charge in [0, 0.05) is 42.3 Å². The molecule has 1 unspecified atom stereocenters. The summed E-state index contributed by atoms with van der Waals surface area (Å²) in [6.45, 7) is 4.21. The SMILES string of the molecule is CCOC(=O)CC1CCc2ccc(NC(=O)c3ccc(/C=N/N4CCSCC4)cc3)cc2C1.Cl. The average molecular weight is 502 g/mol. The molecular formula is C26H32ClN3O3S. The number of hydrogen-bond acceptors (Lipinski definition) is 6. The number of halogens is 1. The Balaban J connectivity index is 0.00000324. The number of aryl methyl sites for hydroxylation is 1. The van der Waals surface area contributed by atoms with Crippen molar-refractivity contribution in [1.82, 2.24) is 5.01 Å². The lowest BCUT2D eigenvalue weighted by molar-refractivity contribution is -0.144. The van der Waals surface area contributed by atoms with Crippen LogP contribution in [0.25, 0.3) is 0 Å². The van der Waals surface area contributed by atoms with Gasteiger partial charge in [-0.05, 0) is 73.1 Å². The second-order valence-corrected chi connectivity index (χ2v) is 9.71. The molecule has 0 spiro atoms. The van der Waals surface area contributed by atoms with Gasteiger partial charge in [-0.25, -0.2) is 0 Å². The molecule has 1 aliphatic heterocycles. The van der Waals surface area contributed by atoms with Gasteiger partial charge >= 0.3 is 5.97 Å². The van der Waals surface area contributed by atoms with E-state index in [1.54, 1.807) is 0 Å². The molecule has 1 aliphatic carbocycles. The van der Waals surface area contributed by atoms with E-state index in [9.17, 15) is 9.59 Å². The van der Waals surface area contributed by atoms with Crippen molar-refractivity contribution in [2.75, 3.05) is 36.5 Å². The number of hydrogen-bond donors (Lipinski definition) is 1. The Morgan fingerprint density at radius 3 is 2.65 bits per heavy atom. The molecule has 0 radical (unpaired) electrons. The smallest absolute Gasteiger partial charge is 0.306 e. The van der Waals surface area contributed by atoms with Gasteiger partial charge in [-0.15, -0.1) is 12.4 Å². The molecule has 34 heavy (non-hydrogen) atoms. The molecule has 4 rings (SSSR count). The van der Waals surface area contributed by atoms with Crippen LogP contribution >= 0.6 is 24.2 Å². The van der Waals surface area contributed by atoms with Gasteiger partial charge in [-0.2, -0.15) is 16.9 Å². The van der Waals surface area contributed by atoms with Crippen LogP contribution in [0.4, 0.5) is 5.69 Å². The highest BCUT2D eigenvalue weighted by Gasteiger charge is 2.22. The van der Waals surface area contributed by atoms with Crippen LogP contribution < -0.4 is 5.32 Å². The summed E-state index contributed by atoms with van der Waals surface area (Å²) in [5, 5.41) is 9.64. The fourth-order valence-corrected chi connectivity index (χ4v) is 5.17. The molecule has 2 aromatic rings. The van der Waals surface area contributed by atoms with Crippen molar-refractivity contribution in [1.29, 1.82) is 0 Å². The summed E-state index contributed by atoms with van der Waals surface area (Å²) in [7, 11) is 0. The van der Waals surface area contributed by atoms with Crippen LogP contribution in [0, 0.1) is 5.92 Å². The van der Waals surface area contributed by atoms with E-state index in [1.165, 1.54) is 11.1 Å². The zero-order valence-electron chi connectivity index (χ0n) is 19.5. The Hall–Kier alpha value is -2.51. The van der Waals surface area contributed by atoms with Gasteiger partial charge in [0.1, 0.15) is 0 Å². The first-order valence-electron chi connectivity index (χ1n) is 11.7. The van der Waals surface area contributed by atoms with E-state index in [1.807, 2.05) is 61.3 Å². The summed E-state index contributed by atoms with van der Waals surface area (Å²) in [4.78, 5) is 24.6. The molecule has 6 nitrogen and oxygen atoms in total. The number of carbonyl (C=O) groups excluding carboxylic acids is 2. The summed E-state index contributed by atoms with van der Waals surface area (Å²) in [6.07, 6.45) is 5.09. The second kappa shape index (κ2) is 12.8. The molecule has 0 saturated carbocycles. The zero-order valence-corrected chi connectivity index (χ0v) is 21.1. The van der Waals surface area contributed by atoms with Crippen LogP contribution in [0.1, 0.15) is 46.8 Å². The number of nitrogens with zero attached hydrogens (tertiary/aromatic N) is 2. The molecule has 1 saturated heterocycles. The first kappa shape index (κ1) is 26.1. The number of benzene rings is 2. The summed E-state index contributed by atoms with van der Waals surface area (Å²) in [6, 6.07) is 13.6. The predicted octanol–water partition coefficient (Wildman–Crippen LogP) is 4.80. The minimum atomic E-state index is -0.134. The molecule has 182 valence electrons. The van der Waals surface area contributed by atoms with Gasteiger partial charge in [-0.3, -0.25) is 14.6 Å². The fourth-order valence-electron chi connectivity index (χ4n) is 4.28. The van der Waals surface area contributed by atoms with Crippen LogP contribution in [-0.4, -0.2) is 54.3 Å². The first-order chi connectivity index (χ1) is 16.1. The van der Waals surface area contributed by atoms with Crippen LogP contribution in [-0.2, 0) is 22.4 Å². The predicted molar refractivity (Wildman–Crippen MR) is 141 cm³/mol. The zero-order chi connectivity index (χ0) is 23.0. The average Bonchev–Trinajstić information content (AvgIpc) is 2.83. The normalized spacial score (nSPS) is 17.6. The molecule has 0 aromatic heterocycles. The summed E-state index contributed by atoms with van der Waals surface area (Å²) >= 11 is 1.96. The fraction of sp³-hybridized carbons (Fsp3) is 0.423. The van der Waals surface area contributed by atoms with E-state index in [4.69, 9.17) is 4.74 Å². The number of hydrazone groups is 1. The molecule has 2 aliphatic rings. The lowest BCUT2D eigenvalue weighted by Gasteiger charge is -2.24. The largest absolute Gasteiger partial charge is 0.466 e. The van der Waals surface area contributed by atoms with E-state index in [0.717, 1.165) is 55.1 Å². The highest BCUT2D eigenvalue weighted by atomic mass is 35.5. The molecule has 0 bridgehead atoms. The summed E-state index contributed by atoms with van der Waals surface area (Å²) in [5.74, 6) is 2.26. The first-order valence-corrected chi connectivity index (χ1v) is 12.8. The van der Waals surface area contributed by atoms with Crippen LogP contribution in [0.15, 0.2) is 47.6 Å². The third-order valence-corrected chi connectivity index (χ3v) is 7.03. The number of thioether (sulfide) groups is 1. The van der Waals surface area contributed by atoms with Crippen molar-refractivity contribution < 1.29 is 14.3 Å². The summed E-state index contributed by atoms with van der Waals surface area (Å²) in [5.41, 5.74) is 4.87. The minimum absolute atomic E-state index is 0. The lowest BCUT2D eigenvalue weighted by atomic mass is 9.82. The van der Waals surface area contributed by atoms with Gasteiger partial charge in [0.25, 0.3) is 5.91 Å². The molecule has 8 heteroatoms. The Bertz CT molecular complexity index is 1010. The molecule has 1 amide bonds. The standard InChI is InChI=1S/C26H31N3O3S.ClH/c1-2-32-25(30)16-20-5-6-21-9-10-24(17-23(21)15-20)28-26(31)22-7-3-19(4-8-22)18-27-29-11-13-33-14-12-29;/h3-4,7-10,17-18,20H,2,5-6,11-16H2,1H3,(H,28,31);1H/b27-18+;. The van der Waals surface area contributed by atoms with Crippen LogP contribution in [0.3, 0.4) is 0 Å². The Labute approximate surface area is 211 Å². The minimum Gasteiger partial charge on any atom is -0.466 e. The van der Waals surface area contributed by atoms with E-state index in [0.29, 0.717) is 24.5 Å². The molecule has 1 N–H and O–H groups in total. The Morgan fingerprint density at radius 2 is 1.91 bits per heavy atom. The maximum atomic E-state index is 12.8. The molecular weight excluding hydrogens is 470 g/mol. The molecule has 2 aromatic carbocycles. The van der Waals surface area contributed by atoms with Gasteiger partial charge in [-0.1, -0.05) is 18.2 Å². The quantitative estimate of drug-likeness (QED) is 0.436. The molecule has 1 atom stereocenters. The highest BCUT2D eigenvalue weighted by molar-refractivity contribution is 7.99. The number of amides is 1. The van der Waals surface area contributed by atoms with Crippen LogP contribution in [0.2, 0.25) is 0 Å². The lowest BCUT2D eigenvalue weighted by Crippen LogP contribution is -2.27. The van der Waals surface area contributed by atoms with E-state index in [2.05, 4.69) is 21.5 Å². The number of carbonyl (C=O) groups is 2. The van der Waals surface area contributed by atoms with Crippen molar-refractivity contribution in [2.24, 2.45) is 11.0 Å². The third-order valence-electron chi connectivity index (χ3n) is 6.09. The maximum absolute atomic E-state index is 12.8. The van der Waals surface area contributed by atoms with Crippen molar-refractivity contribution in [3.63, 3.8) is 0 Å². The number of esters is 1. The topological polar surface area (TPSA) is 71.0 Å². The Morgan fingerprint density at radius 1 is 1.15 bits per heavy atom. The van der Waals surface area contributed by atoms with E-state index < -0.39 is 0 Å². The number of rotatable bonds is 7. The van der Waals surface area contributed by atoms with Gasteiger partial charge < -0.3 is 10.1 Å². The third kappa shape index (κ3) is 7.24. The number of anilines is 1. The maximum Gasteiger partial charge on any atom is 0.306 e. The number of fused-ring (bicyclic) bond motifs is 1. The van der Waals surface area contributed by atoms with E-state index in [-0.39, 0.29) is 24.3 Å². The van der Waals surface area contributed by atoms with Crippen molar-refractivity contribution in [3.05, 3.63) is 64.7 Å². The molecule has 1 fully saturated rings. The second-order valence-electron chi connectivity index (χ2n) is 8.49. The summed E-state index contributed by atoms with van der Waals surface area (Å²) < 4.78 is 5.11. The van der Waals surface area contributed by atoms with Crippen LogP contribution in [0.5, 0.6) is 0 Å². The van der Waals surface area contributed by atoms with E-state index >= 15 is 0 Å². The van der Waals surface area contributed by atoms with Crippen molar-refractivity contribution in [2.45, 2.75) is 32.6 Å². The number of ether oxygens (including phenoxy) is 1. The molecule has 1 heterocycles. The van der Waals surface area contributed by atoms with Gasteiger partial charge in [0.15, 0.2) is 0 Å². The highest BCUT2D eigenvalue weighted by Crippen LogP contribution is 2.30. The van der Waals surface area contributed by atoms with Gasteiger partial charge in [0.05, 0.1) is 12.8 Å². The van der Waals surface area contributed by atoms with Crippen molar-refractivity contribution >= 4 is 47.9 Å².